The van der Waals surface area contributed by atoms with Crippen molar-refractivity contribution in [3.63, 3.8) is 0 Å². The van der Waals surface area contributed by atoms with Gasteiger partial charge in [0.25, 0.3) is 0 Å². The van der Waals surface area contributed by atoms with E-state index in [4.69, 9.17) is 16.0 Å². The molecule has 8 heteroatoms. The molecule has 0 atom stereocenters. The van der Waals surface area contributed by atoms with Gasteiger partial charge in [0.2, 0.25) is 5.91 Å². The van der Waals surface area contributed by atoms with Gasteiger partial charge in [-0.05, 0) is 48.5 Å². The lowest BCUT2D eigenvalue weighted by atomic mass is 10.1. The third-order valence-corrected chi connectivity index (χ3v) is 4.89. The molecule has 1 aliphatic rings. The SMILES string of the molecule is N#Cc1ccc(Nc2c(-c3ccc(F)cc3)nc3n2CCN(C(=O)CN)C3)cc1. The van der Waals surface area contributed by atoms with Gasteiger partial charge in [-0.15, -0.1) is 0 Å². The van der Waals surface area contributed by atoms with Crippen LogP contribution in [0.4, 0.5) is 15.9 Å². The fourth-order valence-electron chi connectivity index (χ4n) is 3.37. The summed E-state index contributed by atoms with van der Waals surface area (Å²) in [5, 5.41) is 12.4. The Morgan fingerprint density at radius 3 is 2.55 bits per heavy atom. The van der Waals surface area contributed by atoms with Gasteiger partial charge in [0, 0.05) is 24.3 Å². The van der Waals surface area contributed by atoms with Crippen LogP contribution in [0.2, 0.25) is 0 Å². The largest absolute Gasteiger partial charge is 0.340 e. The fraction of sp³-hybridized carbons (Fsp3) is 0.190. The number of carbonyl (C=O) groups is 1. The number of carbonyl (C=O) groups excluding carboxylic acids is 1. The van der Waals surface area contributed by atoms with Crippen molar-refractivity contribution in [2.24, 2.45) is 5.73 Å². The fourth-order valence-corrected chi connectivity index (χ4v) is 3.37. The van der Waals surface area contributed by atoms with Crippen molar-refractivity contribution in [2.45, 2.75) is 13.1 Å². The number of amides is 1. The minimum Gasteiger partial charge on any atom is -0.340 e. The normalized spacial score (nSPS) is 12.9. The Morgan fingerprint density at radius 1 is 1.17 bits per heavy atom. The molecule has 1 amide bonds. The Balaban J connectivity index is 1.75. The van der Waals surface area contributed by atoms with Gasteiger partial charge in [-0.1, -0.05) is 0 Å². The van der Waals surface area contributed by atoms with Crippen LogP contribution in [-0.4, -0.2) is 33.4 Å². The summed E-state index contributed by atoms with van der Waals surface area (Å²) in [4.78, 5) is 18.4. The van der Waals surface area contributed by atoms with Crippen molar-refractivity contribution in [3.8, 4) is 17.3 Å². The number of anilines is 2. The molecule has 0 unspecified atom stereocenters. The van der Waals surface area contributed by atoms with Crippen molar-refractivity contribution in [1.82, 2.24) is 14.5 Å². The van der Waals surface area contributed by atoms with E-state index < -0.39 is 0 Å². The van der Waals surface area contributed by atoms with Gasteiger partial charge in [-0.25, -0.2) is 9.37 Å². The molecule has 2 aromatic carbocycles. The highest BCUT2D eigenvalue weighted by atomic mass is 19.1. The van der Waals surface area contributed by atoms with E-state index in [-0.39, 0.29) is 18.3 Å². The first-order valence-electron chi connectivity index (χ1n) is 9.19. The topological polar surface area (TPSA) is 100.0 Å². The lowest BCUT2D eigenvalue weighted by molar-refractivity contribution is -0.131. The van der Waals surface area contributed by atoms with Gasteiger partial charge in [-0.2, -0.15) is 5.26 Å². The van der Waals surface area contributed by atoms with Gasteiger partial charge in [0.1, 0.15) is 23.2 Å². The molecule has 0 spiro atoms. The minimum atomic E-state index is -0.320. The van der Waals surface area contributed by atoms with Crippen LogP contribution < -0.4 is 11.1 Å². The van der Waals surface area contributed by atoms with Crippen LogP contribution in [-0.2, 0) is 17.9 Å². The number of nitriles is 1. The third kappa shape index (κ3) is 3.68. The van der Waals surface area contributed by atoms with E-state index >= 15 is 0 Å². The van der Waals surface area contributed by atoms with E-state index in [0.717, 1.165) is 22.9 Å². The smallest absolute Gasteiger partial charge is 0.236 e. The number of nitrogens with two attached hydrogens (primary N) is 1. The minimum absolute atomic E-state index is 0.0398. The van der Waals surface area contributed by atoms with Crippen molar-refractivity contribution in [3.05, 3.63) is 65.7 Å². The Morgan fingerprint density at radius 2 is 1.90 bits per heavy atom. The Hall–Kier alpha value is -3.70. The van der Waals surface area contributed by atoms with Crippen LogP contribution in [0.15, 0.2) is 48.5 Å². The number of nitrogens with zero attached hydrogens (tertiary/aromatic N) is 4. The summed E-state index contributed by atoms with van der Waals surface area (Å²) in [6, 6.07) is 15.3. The van der Waals surface area contributed by atoms with Crippen LogP contribution in [0, 0.1) is 17.1 Å². The first-order chi connectivity index (χ1) is 14.1. The van der Waals surface area contributed by atoms with Gasteiger partial charge < -0.3 is 20.5 Å². The maximum Gasteiger partial charge on any atom is 0.236 e. The molecule has 3 N–H and O–H groups in total. The number of benzene rings is 2. The zero-order valence-corrected chi connectivity index (χ0v) is 15.6. The number of imidazole rings is 1. The van der Waals surface area contributed by atoms with Crippen LogP contribution in [0.25, 0.3) is 11.3 Å². The number of nitrogens with one attached hydrogen (secondary N) is 1. The summed E-state index contributed by atoms with van der Waals surface area (Å²) in [5.41, 5.74) is 8.31. The van der Waals surface area contributed by atoms with E-state index in [1.165, 1.54) is 12.1 Å². The molecule has 0 bridgehead atoms. The van der Waals surface area contributed by atoms with Crippen LogP contribution in [0.5, 0.6) is 0 Å². The number of hydrogen-bond acceptors (Lipinski definition) is 5. The predicted octanol–water partition coefficient (Wildman–Crippen LogP) is 2.61. The zero-order chi connectivity index (χ0) is 20.4. The molecule has 1 aliphatic heterocycles. The van der Waals surface area contributed by atoms with Crippen LogP contribution in [0.1, 0.15) is 11.4 Å². The first-order valence-corrected chi connectivity index (χ1v) is 9.19. The van der Waals surface area contributed by atoms with Gasteiger partial charge in [-0.3, -0.25) is 4.79 Å². The molecular formula is C21H19FN6O. The molecule has 2 heterocycles. The Kier molecular flexibility index (Phi) is 4.97. The molecule has 29 heavy (non-hydrogen) atoms. The molecule has 7 nitrogen and oxygen atoms in total. The summed E-state index contributed by atoms with van der Waals surface area (Å²) in [6.07, 6.45) is 0. The Bertz CT molecular complexity index is 1080. The molecule has 146 valence electrons. The summed E-state index contributed by atoms with van der Waals surface area (Å²) in [6.45, 7) is 1.42. The highest BCUT2D eigenvalue weighted by molar-refractivity contribution is 5.79. The molecule has 3 aromatic rings. The quantitative estimate of drug-likeness (QED) is 0.713. The monoisotopic (exact) mass is 390 g/mol. The second-order valence-corrected chi connectivity index (χ2v) is 6.72. The molecular weight excluding hydrogens is 371 g/mol. The standard InChI is InChI=1S/C21H19FN6O/c22-16-5-3-15(4-6-16)20-21(25-17-7-1-14(11-23)2-8-17)28-10-9-27(19(29)12-24)13-18(28)26-20/h1-8,25H,9-10,12-13,24H2. The van der Waals surface area contributed by atoms with E-state index in [1.807, 2.05) is 16.7 Å². The number of halogens is 1. The van der Waals surface area contributed by atoms with E-state index in [0.29, 0.717) is 30.9 Å². The molecule has 4 rings (SSSR count). The summed E-state index contributed by atoms with van der Waals surface area (Å²) >= 11 is 0. The number of aromatic nitrogens is 2. The predicted molar refractivity (Wildman–Crippen MR) is 107 cm³/mol. The molecule has 0 saturated carbocycles. The van der Waals surface area contributed by atoms with Crippen LogP contribution in [0.3, 0.4) is 0 Å². The lowest BCUT2D eigenvalue weighted by Gasteiger charge is -2.28. The average molecular weight is 390 g/mol. The third-order valence-electron chi connectivity index (χ3n) is 4.89. The van der Waals surface area contributed by atoms with Crippen molar-refractivity contribution in [1.29, 1.82) is 5.26 Å². The highest BCUT2D eigenvalue weighted by Crippen LogP contribution is 2.33. The van der Waals surface area contributed by atoms with Crippen molar-refractivity contribution in [2.75, 3.05) is 18.4 Å². The second-order valence-electron chi connectivity index (χ2n) is 6.72. The maximum absolute atomic E-state index is 13.4. The van der Waals surface area contributed by atoms with E-state index in [9.17, 15) is 9.18 Å². The lowest BCUT2D eigenvalue weighted by Crippen LogP contribution is -2.41. The molecule has 0 saturated heterocycles. The summed E-state index contributed by atoms with van der Waals surface area (Å²) in [5.74, 6) is 1.05. The van der Waals surface area contributed by atoms with Crippen LogP contribution >= 0.6 is 0 Å². The van der Waals surface area contributed by atoms with Gasteiger partial charge in [0.05, 0.1) is 24.7 Å². The van der Waals surface area contributed by atoms with Gasteiger partial charge >= 0.3 is 0 Å². The first kappa shape index (κ1) is 18.7. The van der Waals surface area contributed by atoms with E-state index in [1.54, 1.807) is 29.2 Å². The number of fused-ring (bicyclic) bond motifs is 1. The number of rotatable bonds is 4. The molecule has 0 radical (unpaired) electrons. The van der Waals surface area contributed by atoms with Crippen molar-refractivity contribution < 1.29 is 9.18 Å². The number of hydrogen-bond donors (Lipinski definition) is 2. The Labute approximate surface area is 167 Å². The highest BCUT2D eigenvalue weighted by Gasteiger charge is 2.26. The molecule has 0 aliphatic carbocycles. The van der Waals surface area contributed by atoms with E-state index in [2.05, 4.69) is 11.4 Å². The zero-order valence-electron chi connectivity index (χ0n) is 15.6. The van der Waals surface area contributed by atoms with Crippen molar-refractivity contribution >= 4 is 17.4 Å². The van der Waals surface area contributed by atoms with Gasteiger partial charge in [0.15, 0.2) is 0 Å². The molecule has 0 fully saturated rings. The average Bonchev–Trinajstić information content (AvgIpc) is 3.11. The molecule has 1 aromatic heterocycles. The maximum atomic E-state index is 13.4. The summed E-state index contributed by atoms with van der Waals surface area (Å²) < 4.78 is 15.4. The second kappa shape index (κ2) is 7.73. The summed E-state index contributed by atoms with van der Waals surface area (Å²) in [7, 11) is 0.